The van der Waals surface area contributed by atoms with Crippen LogP contribution in [0.15, 0.2) is 30.5 Å². The maximum atomic E-state index is 13.6. The van der Waals surface area contributed by atoms with Gasteiger partial charge in [-0.3, -0.25) is 9.47 Å². The molecule has 8 rings (SSSR count). The monoisotopic (exact) mass is 529 g/mol. The van der Waals surface area contributed by atoms with Gasteiger partial charge in [-0.05, 0) is 68.9 Å². The lowest BCUT2D eigenvalue weighted by molar-refractivity contribution is -0.364. The number of hydrogen-bond acceptors (Lipinski definition) is 6. The predicted molar refractivity (Wildman–Crippen MR) is 132 cm³/mol. The van der Waals surface area contributed by atoms with Crippen LogP contribution in [0, 0.1) is 12.3 Å². The summed E-state index contributed by atoms with van der Waals surface area (Å²) in [4.78, 5) is 13.4. The Kier molecular flexibility index (Phi) is 4.99. The molecule has 2 aliphatic heterocycles. The summed E-state index contributed by atoms with van der Waals surface area (Å²) < 4.78 is 42.8. The van der Waals surface area contributed by atoms with Crippen molar-refractivity contribution in [1.82, 2.24) is 29.6 Å². The molecule has 2 bridgehead atoms. The Morgan fingerprint density at radius 2 is 1.78 bits per heavy atom. The number of anilines is 1. The van der Waals surface area contributed by atoms with E-state index < -0.39 is 17.1 Å². The number of aromatic nitrogens is 5. The standard InChI is InChI=1S/C26H27ClF3N7/c1-16-4-7-31-23(32-16)35-8-5-17(6-9-35)22-34-33-21-12-36(25-13-24(14-25,15-25)26(28,29)30)11-18-10-19(27)2-3-20(18)37(21)22/h2-4,7,10,17H,5-6,8-9,11-15H2,1H3. The number of rotatable bonds is 3. The van der Waals surface area contributed by atoms with Crippen LogP contribution in [0.2, 0.25) is 5.02 Å². The molecule has 4 fully saturated rings. The Hall–Kier alpha value is -2.72. The Balaban J connectivity index is 1.18. The van der Waals surface area contributed by atoms with Crippen LogP contribution in [0.25, 0.3) is 5.69 Å². The fourth-order valence-corrected chi connectivity index (χ4v) is 7.12. The highest BCUT2D eigenvalue weighted by molar-refractivity contribution is 6.30. The fraction of sp³-hybridized carbons (Fsp3) is 0.538. The SMILES string of the molecule is Cc1ccnc(N2CCC(c3nnc4n3-c3ccc(Cl)cc3CN(C35CC(C(F)(F)F)(C3)C5)C4)CC2)n1. The number of benzene rings is 1. The summed E-state index contributed by atoms with van der Waals surface area (Å²) in [5, 5.41) is 9.85. The highest BCUT2D eigenvalue weighted by Gasteiger charge is 2.79. The Bertz CT molecular complexity index is 1360. The summed E-state index contributed by atoms with van der Waals surface area (Å²) in [6, 6.07) is 7.68. The van der Waals surface area contributed by atoms with Crippen LogP contribution in [0.4, 0.5) is 19.1 Å². The molecule has 11 heteroatoms. The average molecular weight is 530 g/mol. The van der Waals surface area contributed by atoms with Crippen molar-refractivity contribution in [2.75, 3.05) is 18.0 Å². The van der Waals surface area contributed by atoms with Crippen molar-refractivity contribution in [2.45, 2.75) is 69.8 Å². The maximum Gasteiger partial charge on any atom is 0.394 e. The molecule has 1 saturated heterocycles. The normalized spacial score (nSPS) is 27.6. The molecule has 0 spiro atoms. The number of alkyl halides is 3. The molecule has 1 aromatic carbocycles. The first-order chi connectivity index (χ1) is 17.7. The van der Waals surface area contributed by atoms with Gasteiger partial charge >= 0.3 is 6.18 Å². The third-order valence-electron chi connectivity index (χ3n) is 8.93. The molecule has 5 aliphatic rings. The maximum absolute atomic E-state index is 13.6. The van der Waals surface area contributed by atoms with Crippen molar-refractivity contribution in [3.8, 4) is 5.69 Å². The Morgan fingerprint density at radius 3 is 2.49 bits per heavy atom. The van der Waals surface area contributed by atoms with Gasteiger partial charge < -0.3 is 4.90 Å². The number of nitrogens with zero attached hydrogens (tertiary/aromatic N) is 7. The highest BCUT2D eigenvalue weighted by Crippen LogP contribution is 2.75. The third-order valence-corrected chi connectivity index (χ3v) is 9.17. The summed E-state index contributed by atoms with van der Waals surface area (Å²) in [5.41, 5.74) is 1.01. The van der Waals surface area contributed by atoms with E-state index >= 15 is 0 Å². The summed E-state index contributed by atoms with van der Waals surface area (Å²) >= 11 is 6.38. The Labute approximate surface area is 217 Å². The summed E-state index contributed by atoms with van der Waals surface area (Å²) in [5.74, 6) is 2.66. The molecule has 0 radical (unpaired) electrons. The van der Waals surface area contributed by atoms with Crippen LogP contribution in [-0.2, 0) is 13.1 Å². The summed E-state index contributed by atoms with van der Waals surface area (Å²) in [6.07, 6.45) is -0.0638. The van der Waals surface area contributed by atoms with Gasteiger partial charge in [0.25, 0.3) is 0 Å². The molecule has 37 heavy (non-hydrogen) atoms. The van der Waals surface area contributed by atoms with E-state index in [1.165, 1.54) is 0 Å². The van der Waals surface area contributed by atoms with Gasteiger partial charge in [-0.2, -0.15) is 13.2 Å². The van der Waals surface area contributed by atoms with E-state index in [9.17, 15) is 13.2 Å². The fourth-order valence-electron chi connectivity index (χ4n) is 6.92. The van der Waals surface area contributed by atoms with Crippen molar-refractivity contribution in [3.05, 3.63) is 58.4 Å². The first-order valence-corrected chi connectivity index (χ1v) is 13.1. The van der Waals surface area contributed by atoms with E-state index in [0.29, 0.717) is 18.1 Å². The van der Waals surface area contributed by atoms with Crippen LogP contribution in [-0.4, -0.2) is 54.4 Å². The van der Waals surface area contributed by atoms with Gasteiger partial charge in [0.15, 0.2) is 5.82 Å². The highest BCUT2D eigenvalue weighted by atomic mass is 35.5. The molecule has 0 N–H and O–H groups in total. The molecule has 3 aliphatic carbocycles. The third kappa shape index (κ3) is 3.51. The lowest BCUT2D eigenvalue weighted by Gasteiger charge is -2.73. The van der Waals surface area contributed by atoms with Gasteiger partial charge in [0.1, 0.15) is 5.82 Å². The first kappa shape index (κ1) is 23.4. The van der Waals surface area contributed by atoms with Crippen LogP contribution < -0.4 is 4.90 Å². The van der Waals surface area contributed by atoms with Gasteiger partial charge in [0.05, 0.1) is 17.6 Å². The molecule has 2 aromatic heterocycles. The minimum atomic E-state index is -4.13. The lowest BCUT2D eigenvalue weighted by Crippen LogP contribution is -2.78. The minimum Gasteiger partial charge on any atom is -0.341 e. The molecule has 0 atom stereocenters. The van der Waals surface area contributed by atoms with Crippen LogP contribution >= 0.6 is 11.6 Å². The average Bonchev–Trinajstić information content (AvgIpc) is 3.13. The van der Waals surface area contributed by atoms with Crippen molar-refractivity contribution in [2.24, 2.45) is 5.41 Å². The van der Waals surface area contributed by atoms with E-state index in [1.807, 2.05) is 31.2 Å². The van der Waals surface area contributed by atoms with Gasteiger partial charge in [0.2, 0.25) is 5.95 Å². The molecule has 0 amide bonds. The van der Waals surface area contributed by atoms with Crippen molar-refractivity contribution in [3.63, 3.8) is 0 Å². The summed E-state index contributed by atoms with van der Waals surface area (Å²) in [7, 11) is 0. The van der Waals surface area contributed by atoms with E-state index in [2.05, 4.69) is 34.5 Å². The molecule has 7 nitrogen and oxygen atoms in total. The number of halogens is 4. The number of hydrogen-bond donors (Lipinski definition) is 0. The van der Waals surface area contributed by atoms with E-state index in [-0.39, 0.29) is 25.2 Å². The van der Waals surface area contributed by atoms with E-state index in [0.717, 1.165) is 60.5 Å². The van der Waals surface area contributed by atoms with Gasteiger partial charge in [-0.15, -0.1) is 10.2 Å². The second-order valence-corrected chi connectivity index (χ2v) is 11.7. The zero-order valence-electron chi connectivity index (χ0n) is 20.5. The molecule has 3 aromatic rings. The molecule has 194 valence electrons. The zero-order valence-corrected chi connectivity index (χ0v) is 21.2. The van der Waals surface area contributed by atoms with Crippen molar-refractivity contribution < 1.29 is 13.2 Å². The van der Waals surface area contributed by atoms with Crippen molar-refractivity contribution in [1.29, 1.82) is 0 Å². The van der Waals surface area contributed by atoms with Crippen LogP contribution in [0.1, 0.15) is 60.9 Å². The second kappa shape index (κ2) is 7.89. The second-order valence-electron chi connectivity index (χ2n) is 11.2. The summed E-state index contributed by atoms with van der Waals surface area (Å²) in [6.45, 7) is 4.63. The molecular weight excluding hydrogens is 503 g/mol. The molecule has 3 saturated carbocycles. The molecule has 0 unspecified atom stereocenters. The van der Waals surface area contributed by atoms with Crippen LogP contribution in [0.3, 0.4) is 0 Å². The Morgan fingerprint density at radius 1 is 1.03 bits per heavy atom. The quantitative estimate of drug-likeness (QED) is 0.464. The molecule has 4 heterocycles. The number of aryl methyl sites for hydroxylation is 1. The largest absolute Gasteiger partial charge is 0.394 e. The molecular formula is C26H27ClF3N7. The van der Waals surface area contributed by atoms with Crippen molar-refractivity contribution >= 4 is 17.5 Å². The van der Waals surface area contributed by atoms with Crippen LogP contribution in [0.5, 0.6) is 0 Å². The topological polar surface area (TPSA) is 63.0 Å². The van der Waals surface area contributed by atoms with Gasteiger partial charge in [0, 0.05) is 48.0 Å². The van der Waals surface area contributed by atoms with Gasteiger partial charge in [-0.25, -0.2) is 9.97 Å². The smallest absolute Gasteiger partial charge is 0.341 e. The first-order valence-electron chi connectivity index (χ1n) is 12.8. The van der Waals surface area contributed by atoms with E-state index in [4.69, 9.17) is 11.6 Å². The predicted octanol–water partition coefficient (Wildman–Crippen LogP) is 5.20. The minimum absolute atomic E-state index is 0.167. The lowest BCUT2D eigenvalue weighted by atomic mass is 9.38. The number of piperidine rings is 1. The van der Waals surface area contributed by atoms with E-state index in [1.54, 1.807) is 6.20 Å². The number of fused-ring (bicyclic) bond motifs is 3. The van der Waals surface area contributed by atoms with Gasteiger partial charge in [-0.1, -0.05) is 11.6 Å². The zero-order chi connectivity index (χ0) is 25.6.